The van der Waals surface area contributed by atoms with Gasteiger partial charge in [-0.1, -0.05) is 29.8 Å². The van der Waals surface area contributed by atoms with E-state index in [0.29, 0.717) is 17.1 Å². The molecule has 32 heavy (non-hydrogen) atoms. The van der Waals surface area contributed by atoms with Gasteiger partial charge in [0, 0.05) is 24.0 Å². The van der Waals surface area contributed by atoms with Crippen LogP contribution in [0.1, 0.15) is 30.9 Å². The first-order chi connectivity index (χ1) is 15.3. The summed E-state index contributed by atoms with van der Waals surface area (Å²) >= 11 is 9.16. The Hall–Kier alpha value is -2.64. The number of nitrogens with zero attached hydrogens (tertiary/aromatic N) is 1. The number of hydrogen-bond donors (Lipinski definition) is 0. The number of ether oxygens (including phenoxy) is 2. The second kappa shape index (κ2) is 10.8. The molecule has 0 saturated carbocycles. The molecule has 0 fully saturated rings. The molecule has 1 aliphatic heterocycles. The van der Waals surface area contributed by atoms with Gasteiger partial charge in [-0.15, -0.1) is 0 Å². The van der Waals surface area contributed by atoms with Crippen LogP contribution in [0.3, 0.4) is 0 Å². The van der Waals surface area contributed by atoms with Gasteiger partial charge in [-0.05, 0) is 65.2 Å². The highest BCUT2D eigenvalue weighted by atomic mass is 79.9. The fourth-order valence-electron chi connectivity index (χ4n) is 3.42. The summed E-state index contributed by atoms with van der Waals surface area (Å²) in [5.41, 5.74) is 1.99. The van der Waals surface area contributed by atoms with Crippen molar-refractivity contribution in [1.82, 2.24) is 4.90 Å². The molecule has 0 aliphatic carbocycles. The zero-order valence-corrected chi connectivity index (χ0v) is 20.0. The Morgan fingerprint density at radius 1 is 1.00 bits per heavy atom. The number of halogens is 3. The minimum absolute atomic E-state index is 0.172. The standard InChI is InChI=1S/C24H22BrClFNO4/c1-3-31-23(29)18-13-28(12-15-5-8-17(26)9-6-15)14-19(24(30)32-4-2)22(18)16-7-10-21(27)20(25)11-16/h5-11,13-14,22H,3-4,12H2,1-2H3. The molecule has 0 aromatic heterocycles. The lowest BCUT2D eigenvalue weighted by Gasteiger charge is -2.30. The van der Waals surface area contributed by atoms with E-state index < -0.39 is 23.7 Å². The Balaban J connectivity index is 2.09. The van der Waals surface area contributed by atoms with Crippen molar-refractivity contribution in [1.29, 1.82) is 0 Å². The Bertz CT molecular complexity index is 1030. The van der Waals surface area contributed by atoms with Gasteiger partial charge in [0.15, 0.2) is 0 Å². The second-order valence-electron chi connectivity index (χ2n) is 7.02. The lowest BCUT2D eigenvalue weighted by atomic mass is 9.83. The van der Waals surface area contributed by atoms with Crippen molar-refractivity contribution in [3.8, 4) is 0 Å². The highest BCUT2D eigenvalue weighted by Crippen LogP contribution is 2.38. The van der Waals surface area contributed by atoms with Crippen molar-refractivity contribution < 1.29 is 23.5 Å². The van der Waals surface area contributed by atoms with Gasteiger partial charge in [-0.3, -0.25) is 0 Å². The van der Waals surface area contributed by atoms with Crippen molar-refractivity contribution in [3.05, 3.63) is 92.5 Å². The first-order valence-corrected chi connectivity index (χ1v) is 11.2. The van der Waals surface area contributed by atoms with Crippen LogP contribution in [0.4, 0.5) is 4.39 Å². The number of benzene rings is 2. The number of carbonyl (C=O) groups excluding carboxylic acids is 2. The van der Waals surface area contributed by atoms with E-state index in [4.69, 9.17) is 21.1 Å². The van der Waals surface area contributed by atoms with Crippen molar-refractivity contribution in [2.75, 3.05) is 13.2 Å². The summed E-state index contributed by atoms with van der Waals surface area (Å²) in [4.78, 5) is 27.5. The summed E-state index contributed by atoms with van der Waals surface area (Å²) in [5.74, 6) is -2.34. The highest BCUT2D eigenvalue weighted by molar-refractivity contribution is 9.10. The Labute approximate surface area is 199 Å². The van der Waals surface area contributed by atoms with Gasteiger partial charge in [0.2, 0.25) is 0 Å². The zero-order valence-electron chi connectivity index (χ0n) is 17.6. The third-order valence-corrected chi connectivity index (χ3v) is 5.67. The van der Waals surface area contributed by atoms with Crippen LogP contribution in [0.2, 0.25) is 5.02 Å². The fourth-order valence-corrected chi connectivity index (χ4v) is 3.95. The van der Waals surface area contributed by atoms with E-state index in [1.54, 1.807) is 55.4 Å². The predicted octanol–water partition coefficient (Wildman–Crippen LogP) is 5.74. The maximum atomic E-state index is 13.9. The van der Waals surface area contributed by atoms with Gasteiger partial charge in [0.1, 0.15) is 5.82 Å². The molecule has 1 aliphatic rings. The SMILES string of the molecule is CCOC(=O)C1=CN(Cc2ccc(Cl)cc2)C=C(C(=O)OCC)C1c1ccc(F)c(Br)c1. The largest absolute Gasteiger partial charge is 0.463 e. The molecule has 0 atom stereocenters. The number of hydrogen-bond acceptors (Lipinski definition) is 5. The maximum absolute atomic E-state index is 13.9. The lowest BCUT2D eigenvalue weighted by Crippen LogP contribution is -2.29. The Kier molecular flexibility index (Phi) is 8.10. The van der Waals surface area contributed by atoms with Crippen molar-refractivity contribution in [2.45, 2.75) is 26.3 Å². The van der Waals surface area contributed by atoms with Gasteiger partial charge in [0.25, 0.3) is 0 Å². The van der Waals surface area contributed by atoms with Crippen LogP contribution in [-0.2, 0) is 25.6 Å². The summed E-state index contributed by atoms with van der Waals surface area (Å²) in [6.45, 7) is 4.15. The molecule has 2 aromatic carbocycles. The van der Waals surface area contributed by atoms with Crippen molar-refractivity contribution in [2.24, 2.45) is 0 Å². The van der Waals surface area contributed by atoms with E-state index in [2.05, 4.69) is 15.9 Å². The molecule has 2 aromatic rings. The van der Waals surface area contributed by atoms with E-state index in [1.807, 2.05) is 12.1 Å². The summed E-state index contributed by atoms with van der Waals surface area (Å²) in [6, 6.07) is 11.6. The molecule has 0 spiro atoms. The average Bonchev–Trinajstić information content (AvgIpc) is 2.77. The topological polar surface area (TPSA) is 55.8 Å². The average molecular weight is 523 g/mol. The molecule has 5 nitrogen and oxygen atoms in total. The third kappa shape index (κ3) is 5.58. The van der Waals surface area contributed by atoms with Crippen LogP contribution in [0.5, 0.6) is 0 Å². The van der Waals surface area contributed by atoms with Gasteiger partial charge >= 0.3 is 11.9 Å². The molecule has 0 bridgehead atoms. The van der Waals surface area contributed by atoms with E-state index in [1.165, 1.54) is 6.07 Å². The summed E-state index contributed by atoms with van der Waals surface area (Å²) in [5, 5.41) is 0.611. The summed E-state index contributed by atoms with van der Waals surface area (Å²) in [6.07, 6.45) is 3.30. The normalized spacial score (nSPS) is 14.0. The molecular weight excluding hydrogens is 501 g/mol. The molecular formula is C24H22BrClFNO4. The van der Waals surface area contributed by atoms with Gasteiger partial charge < -0.3 is 14.4 Å². The molecule has 168 valence electrons. The van der Waals surface area contributed by atoms with Crippen LogP contribution in [0.15, 0.2) is 70.5 Å². The van der Waals surface area contributed by atoms with Crippen LogP contribution in [-0.4, -0.2) is 30.1 Å². The first kappa shape index (κ1) is 24.0. The third-order valence-electron chi connectivity index (χ3n) is 4.81. The quantitative estimate of drug-likeness (QED) is 0.434. The van der Waals surface area contributed by atoms with Crippen LogP contribution in [0, 0.1) is 5.82 Å². The Morgan fingerprint density at radius 2 is 1.56 bits per heavy atom. The molecule has 3 rings (SSSR count). The van der Waals surface area contributed by atoms with Crippen molar-refractivity contribution >= 4 is 39.5 Å². The minimum Gasteiger partial charge on any atom is -0.463 e. The van der Waals surface area contributed by atoms with Gasteiger partial charge in [0.05, 0.1) is 34.8 Å². The molecule has 0 N–H and O–H groups in total. The van der Waals surface area contributed by atoms with Crippen LogP contribution < -0.4 is 0 Å². The minimum atomic E-state index is -0.772. The van der Waals surface area contributed by atoms with Crippen LogP contribution in [0.25, 0.3) is 0 Å². The molecule has 0 amide bonds. The van der Waals surface area contributed by atoms with Gasteiger partial charge in [-0.2, -0.15) is 0 Å². The first-order valence-electron chi connectivity index (χ1n) is 10.1. The maximum Gasteiger partial charge on any atom is 0.336 e. The van der Waals surface area contributed by atoms with E-state index >= 15 is 0 Å². The zero-order chi connectivity index (χ0) is 23.3. The Morgan fingerprint density at radius 3 is 2.06 bits per heavy atom. The molecule has 0 unspecified atom stereocenters. The van der Waals surface area contributed by atoms with E-state index in [0.717, 1.165) is 5.56 Å². The summed E-state index contributed by atoms with van der Waals surface area (Å²) < 4.78 is 24.6. The number of carbonyl (C=O) groups is 2. The summed E-state index contributed by atoms with van der Waals surface area (Å²) in [7, 11) is 0. The predicted molar refractivity (Wildman–Crippen MR) is 123 cm³/mol. The molecule has 0 radical (unpaired) electrons. The van der Waals surface area contributed by atoms with E-state index in [-0.39, 0.29) is 28.8 Å². The monoisotopic (exact) mass is 521 g/mol. The highest BCUT2D eigenvalue weighted by Gasteiger charge is 2.35. The second-order valence-corrected chi connectivity index (χ2v) is 8.31. The molecule has 0 saturated heterocycles. The van der Waals surface area contributed by atoms with Crippen molar-refractivity contribution in [3.63, 3.8) is 0 Å². The number of rotatable bonds is 7. The number of esters is 2. The van der Waals surface area contributed by atoms with Crippen LogP contribution >= 0.6 is 27.5 Å². The van der Waals surface area contributed by atoms with E-state index in [9.17, 15) is 14.0 Å². The fraction of sp³-hybridized carbons (Fsp3) is 0.250. The smallest absolute Gasteiger partial charge is 0.336 e. The lowest BCUT2D eigenvalue weighted by molar-refractivity contribution is -0.139. The molecule has 8 heteroatoms. The molecule has 1 heterocycles. The van der Waals surface area contributed by atoms with Gasteiger partial charge in [-0.25, -0.2) is 14.0 Å².